The van der Waals surface area contributed by atoms with Crippen LogP contribution in [-0.2, 0) is 26.5 Å². The van der Waals surface area contributed by atoms with Crippen molar-refractivity contribution in [3.05, 3.63) is 101 Å². The number of rotatable bonds is 16. The number of aromatic nitrogens is 1. The molecular weight excluding hydrogens is 807 g/mol. The Balaban J connectivity index is 0.914. The number of esters is 1. The van der Waals surface area contributed by atoms with E-state index in [0.29, 0.717) is 79.3 Å². The minimum Gasteiger partial charge on any atom is -0.456 e. The first-order valence-corrected chi connectivity index (χ1v) is 21.9. The Bertz CT molecular complexity index is 2220. The molecule has 0 bridgehead atoms. The summed E-state index contributed by atoms with van der Waals surface area (Å²) in [4.78, 5) is 51.8. The molecule has 1 saturated heterocycles. The molecule has 1 aromatic heterocycles. The lowest BCUT2D eigenvalue weighted by Crippen LogP contribution is -2.49. The van der Waals surface area contributed by atoms with E-state index < -0.39 is 18.7 Å². The second-order valence-electron chi connectivity index (χ2n) is 15.4. The van der Waals surface area contributed by atoms with E-state index in [1.54, 1.807) is 17.0 Å². The van der Waals surface area contributed by atoms with Crippen LogP contribution in [0.4, 0.5) is 17.2 Å². The molecule has 326 valence electrons. The number of nitrogens with zero attached hydrogens (tertiary/aromatic N) is 5. The van der Waals surface area contributed by atoms with Gasteiger partial charge in [-0.1, -0.05) is 18.2 Å². The van der Waals surface area contributed by atoms with Crippen molar-refractivity contribution in [1.29, 1.82) is 0 Å². The largest absolute Gasteiger partial charge is 0.490 e. The smallest absolute Gasteiger partial charge is 0.456 e. The number of hydrogen-bond acceptors (Lipinski definition) is 12. The van der Waals surface area contributed by atoms with Crippen LogP contribution in [0.1, 0.15) is 73.1 Å². The molecule has 3 aliphatic rings. The Labute approximate surface area is 368 Å². The topological polar surface area (TPSA) is 172 Å². The number of carbonyl (C=O) groups excluding carboxylic acids is 3. The van der Waals surface area contributed by atoms with Gasteiger partial charge in [-0.3, -0.25) is 9.59 Å². The summed E-state index contributed by atoms with van der Waals surface area (Å²) < 4.78 is 13.2. The molecular formula is C45H55BN8O7S. The van der Waals surface area contributed by atoms with E-state index >= 15 is 0 Å². The average molecular weight is 863 g/mol. The van der Waals surface area contributed by atoms with E-state index in [-0.39, 0.29) is 24.7 Å². The zero-order valence-corrected chi connectivity index (χ0v) is 36.6. The Kier molecular flexibility index (Phi) is 13.8. The Hall–Kier alpha value is -5.91. The van der Waals surface area contributed by atoms with Gasteiger partial charge in [0.25, 0.3) is 0 Å². The quantitative estimate of drug-likeness (QED) is 0.0482. The average Bonchev–Trinajstić information content (AvgIpc) is 3.58. The summed E-state index contributed by atoms with van der Waals surface area (Å²) in [5.74, 6) is 1.29. The number of carbonyl (C=O) groups is 3. The summed E-state index contributed by atoms with van der Waals surface area (Å²) in [5.41, 5.74) is 4.83. The minimum atomic E-state index is -1.57. The third-order valence-corrected chi connectivity index (χ3v) is 12.2. The molecule has 3 aromatic carbocycles. The number of ether oxygens (including phenoxy) is 2. The zero-order valence-electron chi connectivity index (χ0n) is 35.8. The van der Waals surface area contributed by atoms with Gasteiger partial charge in [0.15, 0.2) is 10.7 Å². The fraction of sp³-hybridized carbons (Fsp3) is 0.400. The molecule has 4 aromatic rings. The minimum absolute atomic E-state index is 0.0786. The van der Waals surface area contributed by atoms with Crippen LogP contribution in [0.2, 0.25) is 0 Å². The standard InChI is InChI=1S/C45H55BN8O7S/c1-5-51(6-2)32-11-14-36-38(26-32)60-39-27-33(52(7-3)8-4)12-15-37(39)45(36)35-13-9-30(25-34(35)43(57)61-45)28-50-44(62)48-20-19-47-41(55)17-18-42(56)54-23-21-53(22-24-54)40-16-10-31(29-49-40)46(58)59/h9-16,25-27,29,58-59H,5-8,17-24,28H2,1-4H3,(H,47,55)(H2,48,50,62). The second-order valence-corrected chi connectivity index (χ2v) is 15.8. The van der Waals surface area contributed by atoms with Crippen molar-refractivity contribution in [2.24, 2.45) is 0 Å². The molecule has 62 heavy (non-hydrogen) atoms. The zero-order chi connectivity index (χ0) is 44.0. The van der Waals surface area contributed by atoms with E-state index in [9.17, 15) is 24.4 Å². The molecule has 15 nitrogen and oxygen atoms in total. The van der Waals surface area contributed by atoms with Gasteiger partial charge in [0, 0.05) is 137 Å². The van der Waals surface area contributed by atoms with Crippen molar-refractivity contribution >= 4 is 64.9 Å². The number of hydrogen-bond donors (Lipinski definition) is 5. The number of benzene rings is 3. The lowest BCUT2D eigenvalue weighted by Gasteiger charge is -2.38. The van der Waals surface area contributed by atoms with Gasteiger partial charge in [-0.05, 0) is 81.9 Å². The molecule has 3 aliphatic heterocycles. The van der Waals surface area contributed by atoms with E-state index in [4.69, 9.17) is 21.7 Å². The van der Waals surface area contributed by atoms with E-state index in [1.165, 1.54) is 6.20 Å². The molecule has 2 amide bonds. The van der Waals surface area contributed by atoms with Gasteiger partial charge in [-0.15, -0.1) is 0 Å². The molecule has 1 fully saturated rings. The molecule has 7 rings (SSSR count). The highest BCUT2D eigenvalue weighted by molar-refractivity contribution is 7.80. The van der Waals surface area contributed by atoms with Crippen LogP contribution in [0, 0.1) is 0 Å². The monoisotopic (exact) mass is 862 g/mol. The Morgan fingerprint density at radius 1 is 0.790 bits per heavy atom. The van der Waals surface area contributed by atoms with Gasteiger partial charge >= 0.3 is 13.1 Å². The first-order chi connectivity index (χ1) is 30.0. The van der Waals surface area contributed by atoms with Gasteiger partial charge in [0.2, 0.25) is 11.8 Å². The highest BCUT2D eigenvalue weighted by atomic mass is 32.1. The van der Waals surface area contributed by atoms with Gasteiger partial charge in [0.1, 0.15) is 17.3 Å². The fourth-order valence-corrected chi connectivity index (χ4v) is 8.62. The highest BCUT2D eigenvalue weighted by Gasteiger charge is 2.53. The normalized spacial score (nSPS) is 14.5. The van der Waals surface area contributed by atoms with Crippen LogP contribution < -0.4 is 40.8 Å². The summed E-state index contributed by atoms with van der Waals surface area (Å²) in [7, 11) is -1.57. The molecule has 5 N–H and O–H groups in total. The van der Waals surface area contributed by atoms with Gasteiger partial charge in [0.05, 0.1) is 5.56 Å². The molecule has 0 aliphatic carbocycles. The second kappa shape index (κ2) is 19.4. The van der Waals surface area contributed by atoms with Crippen LogP contribution in [0.5, 0.6) is 11.5 Å². The number of piperazine rings is 1. The molecule has 4 heterocycles. The molecule has 17 heteroatoms. The molecule has 0 radical (unpaired) electrons. The van der Waals surface area contributed by atoms with Crippen molar-refractivity contribution < 1.29 is 33.9 Å². The van der Waals surface area contributed by atoms with E-state index in [1.807, 2.05) is 47.4 Å². The van der Waals surface area contributed by atoms with Crippen LogP contribution in [0.3, 0.4) is 0 Å². The summed E-state index contributed by atoms with van der Waals surface area (Å²) in [6, 6.07) is 21.4. The fourth-order valence-electron chi connectivity index (χ4n) is 8.45. The first kappa shape index (κ1) is 44.2. The summed E-state index contributed by atoms with van der Waals surface area (Å²) in [5, 5.41) is 28.1. The van der Waals surface area contributed by atoms with Crippen LogP contribution in [0.25, 0.3) is 0 Å². The maximum atomic E-state index is 13.9. The number of thiocarbonyl (C=S) groups is 1. The highest BCUT2D eigenvalue weighted by Crippen LogP contribution is 2.57. The van der Waals surface area contributed by atoms with Gasteiger partial charge < -0.3 is 55.1 Å². The van der Waals surface area contributed by atoms with Crippen LogP contribution in [-0.4, -0.2) is 115 Å². The molecule has 0 atom stereocenters. The van der Waals surface area contributed by atoms with Crippen molar-refractivity contribution in [1.82, 2.24) is 25.8 Å². The number of nitrogens with one attached hydrogen (secondary N) is 3. The van der Waals surface area contributed by atoms with Crippen molar-refractivity contribution in [2.45, 2.75) is 52.7 Å². The predicted octanol–water partition coefficient (Wildman–Crippen LogP) is 3.23. The molecule has 0 saturated carbocycles. The van der Waals surface area contributed by atoms with Crippen molar-refractivity contribution in [2.75, 3.05) is 80.1 Å². The Morgan fingerprint density at radius 2 is 1.40 bits per heavy atom. The number of amides is 2. The first-order valence-electron chi connectivity index (χ1n) is 21.5. The summed E-state index contributed by atoms with van der Waals surface area (Å²) in [6.45, 7) is 15.1. The maximum absolute atomic E-state index is 13.9. The third kappa shape index (κ3) is 9.15. The van der Waals surface area contributed by atoms with Crippen molar-refractivity contribution in [3.63, 3.8) is 0 Å². The SMILES string of the molecule is CCN(CC)c1ccc2c(c1)Oc1cc(N(CC)CC)ccc1C21OC(=O)c2cc(CNC(=S)NCCNC(=O)CCC(=O)N3CCN(c4ccc(B(O)O)cn4)CC3)ccc21. The predicted molar refractivity (Wildman–Crippen MR) is 244 cm³/mol. The summed E-state index contributed by atoms with van der Waals surface area (Å²) in [6.07, 6.45) is 1.61. The lowest BCUT2D eigenvalue weighted by molar-refractivity contribution is -0.133. The van der Waals surface area contributed by atoms with Crippen LogP contribution >= 0.6 is 12.2 Å². The van der Waals surface area contributed by atoms with E-state index in [2.05, 4.69) is 70.6 Å². The molecule has 0 unspecified atom stereocenters. The summed E-state index contributed by atoms with van der Waals surface area (Å²) >= 11 is 5.52. The van der Waals surface area contributed by atoms with E-state index in [0.717, 1.165) is 59.8 Å². The van der Waals surface area contributed by atoms with Gasteiger partial charge in [-0.25, -0.2) is 9.78 Å². The Morgan fingerprint density at radius 3 is 1.98 bits per heavy atom. The van der Waals surface area contributed by atoms with Gasteiger partial charge in [-0.2, -0.15) is 0 Å². The maximum Gasteiger partial charge on any atom is 0.490 e. The van der Waals surface area contributed by atoms with Crippen LogP contribution in [0.15, 0.2) is 72.9 Å². The number of anilines is 3. The number of fused-ring (bicyclic) bond motifs is 6. The molecule has 1 spiro atoms. The number of pyridine rings is 1. The third-order valence-electron chi connectivity index (χ3n) is 11.9. The van der Waals surface area contributed by atoms with Crippen molar-refractivity contribution in [3.8, 4) is 11.5 Å². The lowest BCUT2D eigenvalue weighted by atomic mass is 9.77.